The Morgan fingerprint density at radius 2 is 2.31 bits per heavy atom. The molecule has 0 radical (unpaired) electrons. The first-order valence-electron chi connectivity index (χ1n) is 5.78. The molecule has 1 saturated carbocycles. The van der Waals surface area contributed by atoms with Gasteiger partial charge in [0.2, 0.25) is 5.91 Å². The molecule has 4 nitrogen and oxygen atoms in total. The second kappa shape index (κ2) is 7.92. The number of rotatable bonds is 7. The lowest BCUT2D eigenvalue weighted by molar-refractivity contribution is -0.120. The SMILES string of the molecule is COCCNCC(=O)NC1CCC(SC)C1. The molecule has 1 rings (SSSR count). The monoisotopic (exact) mass is 246 g/mol. The van der Waals surface area contributed by atoms with Crippen molar-refractivity contribution in [2.75, 3.05) is 33.1 Å². The fraction of sp³-hybridized carbons (Fsp3) is 0.909. The average Bonchev–Trinajstić information content (AvgIpc) is 2.72. The van der Waals surface area contributed by atoms with E-state index in [1.54, 1.807) is 7.11 Å². The van der Waals surface area contributed by atoms with E-state index < -0.39 is 0 Å². The van der Waals surface area contributed by atoms with Gasteiger partial charge in [0, 0.05) is 24.9 Å². The van der Waals surface area contributed by atoms with Crippen molar-refractivity contribution >= 4 is 17.7 Å². The first kappa shape index (κ1) is 13.8. The molecule has 94 valence electrons. The summed E-state index contributed by atoms with van der Waals surface area (Å²) in [6, 6.07) is 0.383. The summed E-state index contributed by atoms with van der Waals surface area (Å²) in [5.41, 5.74) is 0. The van der Waals surface area contributed by atoms with E-state index in [4.69, 9.17) is 4.74 Å². The van der Waals surface area contributed by atoms with E-state index >= 15 is 0 Å². The molecule has 1 amide bonds. The van der Waals surface area contributed by atoms with Crippen molar-refractivity contribution in [2.24, 2.45) is 0 Å². The molecule has 2 atom stereocenters. The Bertz CT molecular complexity index is 214. The maximum absolute atomic E-state index is 11.5. The number of carbonyl (C=O) groups excluding carboxylic acids is 1. The van der Waals surface area contributed by atoms with E-state index in [0.29, 0.717) is 19.2 Å². The van der Waals surface area contributed by atoms with Gasteiger partial charge in [-0.2, -0.15) is 11.8 Å². The van der Waals surface area contributed by atoms with Gasteiger partial charge >= 0.3 is 0 Å². The molecule has 1 aliphatic rings. The van der Waals surface area contributed by atoms with E-state index in [-0.39, 0.29) is 5.91 Å². The minimum absolute atomic E-state index is 0.0999. The zero-order valence-electron chi connectivity index (χ0n) is 10.1. The molecule has 0 aromatic heterocycles. The predicted molar refractivity (Wildman–Crippen MR) is 67.8 cm³/mol. The van der Waals surface area contributed by atoms with Gasteiger partial charge in [-0.05, 0) is 25.5 Å². The fourth-order valence-corrected chi connectivity index (χ4v) is 2.74. The number of methoxy groups -OCH3 is 1. The lowest BCUT2D eigenvalue weighted by Crippen LogP contribution is -2.40. The van der Waals surface area contributed by atoms with Crippen molar-refractivity contribution in [2.45, 2.75) is 30.6 Å². The smallest absolute Gasteiger partial charge is 0.234 e. The molecule has 0 aliphatic heterocycles. The summed E-state index contributed by atoms with van der Waals surface area (Å²) in [6.07, 6.45) is 5.60. The van der Waals surface area contributed by atoms with Crippen LogP contribution in [0.4, 0.5) is 0 Å². The minimum Gasteiger partial charge on any atom is -0.383 e. The topological polar surface area (TPSA) is 50.4 Å². The van der Waals surface area contributed by atoms with Crippen LogP contribution in [0.25, 0.3) is 0 Å². The molecule has 0 aromatic carbocycles. The average molecular weight is 246 g/mol. The molecule has 16 heavy (non-hydrogen) atoms. The Labute approximate surface area is 102 Å². The normalized spacial score (nSPS) is 24.6. The minimum atomic E-state index is 0.0999. The zero-order valence-corrected chi connectivity index (χ0v) is 10.9. The number of carbonyl (C=O) groups is 1. The Hall–Kier alpha value is -0.260. The van der Waals surface area contributed by atoms with Crippen LogP contribution in [0.5, 0.6) is 0 Å². The van der Waals surface area contributed by atoms with Gasteiger partial charge in [-0.15, -0.1) is 0 Å². The predicted octanol–water partition coefficient (Wildman–Crippen LogP) is 0.623. The van der Waals surface area contributed by atoms with Gasteiger partial charge in [-0.1, -0.05) is 0 Å². The molecule has 5 heteroatoms. The molecule has 0 heterocycles. The van der Waals surface area contributed by atoms with E-state index in [2.05, 4.69) is 16.9 Å². The summed E-state index contributed by atoms with van der Waals surface area (Å²) in [6.45, 7) is 1.76. The third kappa shape index (κ3) is 5.18. The standard InChI is InChI=1S/C11H22N2O2S/c1-15-6-5-12-8-11(14)13-9-3-4-10(7-9)16-2/h9-10,12H,3-8H2,1-2H3,(H,13,14). The highest BCUT2D eigenvalue weighted by Crippen LogP contribution is 2.27. The van der Waals surface area contributed by atoms with Crippen LogP contribution in [0, 0.1) is 0 Å². The van der Waals surface area contributed by atoms with Crippen molar-refractivity contribution in [1.29, 1.82) is 0 Å². The third-order valence-corrected chi connectivity index (χ3v) is 3.95. The van der Waals surface area contributed by atoms with Gasteiger partial charge in [0.25, 0.3) is 0 Å². The summed E-state index contributed by atoms with van der Waals surface area (Å²) in [7, 11) is 1.66. The molecule has 2 N–H and O–H groups in total. The van der Waals surface area contributed by atoms with Crippen molar-refractivity contribution in [3.05, 3.63) is 0 Å². The molecule has 1 fully saturated rings. The molecular formula is C11H22N2O2S. The Kier molecular flexibility index (Phi) is 6.84. The van der Waals surface area contributed by atoms with E-state index in [0.717, 1.165) is 24.6 Å². The maximum Gasteiger partial charge on any atom is 0.234 e. The number of amides is 1. The van der Waals surface area contributed by atoms with Crippen molar-refractivity contribution in [3.63, 3.8) is 0 Å². The zero-order chi connectivity index (χ0) is 11.8. The van der Waals surface area contributed by atoms with Crippen molar-refractivity contribution in [3.8, 4) is 0 Å². The highest BCUT2D eigenvalue weighted by Gasteiger charge is 2.24. The van der Waals surface area contributed by atoms with Crippen LogP contribution in [-0.4, -0.2) is 50.3 Å². The Balaban J connectivity index is 2.06. The van der Waals surface area contributed by atoms with E-state index in [1.807, 2.05) is 11.8 Å². The van der Waals surface area contributed by atoms with Crippen LogP contribution >= 0.6 is 11.8 Å². The fourth-order valence-electron chi connectivity index (χ4n) is 1.94. The largest absolute Gasteiger partial charge is 0.383 e. The molecular weight excluding hydrogens is 224 g/mol. The lowest BCUT2D eigenvalue weighted by atomic mass is 10.2. The van der Waals surface area contributed by atoms with E-state index in [1.165, 1.54) is 6.42 Å². The molecule has 0 bridgehead atoms. The molecule has 1 aliphatic carbocycles. The number of ether oxygens (including phenoxy) is 1. The van der Waals surface area contributed by atoms with Gasteiger partial charge in [0.05, 0.1) is 13.2 Å². The van der Waals surface area contributed by atoms with E-state index in [9.17, 15) is 4.79 Å². The second-order valence-corrected chi connectivity index (χ2v) is 5.24. The number of hydrogen-bond acceptors (Lipinski definition) is 4. The maximum atomic E-state index is 11.5. The van der Waals surface area contributed by atoms with Crippen LogP contribution in [0.15, 0.2) is 0 Å². The molecule has 0 spiro atoms. The number of thioether (sulfide) groups is 1. The summed E-state index contributed by atoms with van der Waals surface area (Å²) in [5.74, 6) is 0.0999. The Morgan fingerprint density at radius 1 is 1.50 bits per heavy atom. The summed E-state index contributed by atoms with van der Waals surface area (Å²) < 4.78 is 4.89. The lowest BCUT2D eigenvalue weighted by Gasteiger charge is -2.13. The molecule has 0 aromatic rings. The summed E-state index contributed by atoms with van der Waals surface area (Å²) >= 11 is 1.90. The Morgan fingerprint density at radius 3 is 2.94 bits per heavy atom. The van der Waals surface area contributed by atoms with Crippen LogP contribution in [0.2, 0.25) is 0 Å². The van der Waals surface area contributed by atoms with Crippen LogP contribution in [0.3, 0.4) is 0 Å². The summed E-state index contributed by atoms with van der Waals surface area (Å²) in [4.78, 5) is 11.5. The van der Waals surface area contributed by atoms with Crippen molar-refractivity contribution in [1.82, 2.24) is 10.6 Å². The molecule has 0 saturated heterocycles. The van der Waals surface area contributed by atoms with Gasteiger partial charge in [0.1, 0.15) is 0 Å². The number of nitrogens with one attached hydrogen (secondary N) is 2. The first-order chi connectivity index (χ1) is 7.76. The first-order valence-corrected chi connectivity index (χ1v) is 7.07. The molecule has 2 unspecified atom stereocenters. The van der Waals surface area contributed by atoms with Gasteiger partial charge in [-0.25, -0.2) is 0 Å². The van der Waals surface area contributed by atoms with Crippen LogP contribution in [0.1, 0.15) is 19.3 Å². The third-order valence-electron chi connectivity index (χ3n) is 2.85. The summed E-state index contributed by atoms with van der Waals surface area (Å²) in [5, 5.41) is 6.84. The van der Waals surface area contributed by atoms with Crippen LogP contribution < -0.4 is 10.6 Å². The van der Waals surface area contributed by atoms with Gasteiger partial charge in [-0.3, -0.25) is 4.79 Å². The van der Waals surface area contributed by atoms with Gasteiger partial charge < -0.3 is 15.4 Å². The highest BCUT2D eigenvalue weighted by atomic mass is 32.2. The van der Waals surface area contributed by atoms with Gasteiger partial charge in [0.15, 0.2) is 0 Å². The highest BCUT2D eigenvalue weighted by molar-refractivity contribution is 7.99. The van der Waals surface area contributed by atoms with Crippen LogP contribution in [-0.2, 0) is 9.53 Å². The number of hydrogen-bond donors (Lipinski definition) is 2. The quantitative estimate of drug-likeness (QED) is 0.647. The van der Waals surface area contributed by atoms with Crippen molar-refractivity contribution < 1.29 is 9.53 Å². The second-order valence-electron chi connectivity index (χ2n) is 4.10.